The average Bonchev–Trinajstić information content (AvgIpc) is 3.30. The van der Waals surface area contributed by atoms with E-state index in [4.69, 9.17) is 16.1 Å². The van der Waals surface area contributed by atoms with Crippen molar-refractivity contribution >= 4 is 23.4 Å². The second kappa shape index (κ2) is 7.27. The number of tetrazole rings is 1. The minimum atomic E-state index is 0.454. The summed E-state index contributed by atoms with van der Waals surface area (Å²) in [6.45, 7) is 2.03. The summed E-state index contributed by atoms with van der Waals surface area (Å²) < 4.78 is 7.01. The van der Waals surface area contributed by atoms with Crippen LogP contribution in [0.5, 0.6) is 0 Å². The lowest BCUT2D eigenvalue weighted by molar-refractivity contribution is 0.425. The van der Waals surface area contributed by atoms with Crippen LogP contribution in [0.2, 0.25) is 5.02 Å². The van der Waals surface area contributed by atoms with Gasteiger partial charge in [0.25, 0.3) is 5.89 Å². The van der Waals surface area contributed by atoms with Crippen molar-refractivity contribution in [1.29, 1.82) is 0 Å². The summed E-state index contributed by atoms with van der Waals surface area (Å²) in [5.41, 5.74) is 2.87. The molecular formula is C17H13ClN6OS. The van der Waals surface area contributed by atoms with Gasteiger partial charge in [-0.2, -0.15) is 9.67 Å². The fourth-order valence-corrected chi connectivity index (χ4v) is 3.20. The molecule has 4 rings (SSSR count). The molecule has 0 spiro atoms. The van der Waals surface area contributed by atoms with Crippen molar-refractivity contribution in [3.05, 3.63) is 64.9 Å². The van der Waals surface area contributed by atoms with E-state index in [-0.39, 0.29) is 0 Å². The van der Waals surface area contributed by atoms with Crippen LogP contribution in [-0.4, -0.2) is 30.3 Å². The number of aryl methyl sites for hydroxylation is 1. The van der Waals surface area contributed by atoms with E-state index in [0.29, 0.717) is 27.6 Å². The zero-order valence-corrected chi connectivity index (χ0v) is 15.3. The number of halogens is 1. The predicted molar refractivity (Wildman–Crippen MR) is 98.2 cm³/mol. The Labute approximate surface area is 158 Å². The van der Waals surface area contributed by atoms with Crippen LogP contribution in [-0.2, 0) is 5.75 Å². The molecule has 0 aliphatic rings. The first kappa shape index (κ1) is 16.7. The number of aromatic nitrogens is 6. The van der Waals surface area contributed by atoms with Crippen LogP contribution in [0, 0.1) is 6.92 Å². The lowest BCUT2D eigenvalue weighted by Crippen LogP contribution is -1.99. The minimum absolute atomic E-state index is 0.454. The summed E-state index contributed by atoms with van der Waals surface area (Å²) in [6, 6.07) is 15.2. The van der Waals surface area contributed by atoms with E-state index >= 15 is 0 Å². The van der Waals surface area contributed by atoms with Crippen LogP contribution in [0.25, 0.3) is 17.1 Å². The fourth-order valence-electron chi connectivity index (χ4n) is 2.34. The molecule has 2 aromatic heterocycles. The second-order valence-electron chi connectivity index (χ2n) is 5.52. The molecule has 0 bridgehead atoms. The Kier molecular flexibility index (Phi) is 4.68. The third-order valence-electron chi connectivity index (χ3n) is 3.58. The summed E-state index contributed by atoms with van der Waals surface area (Å²) in [5.74, 6) is 1.51. The van der Waals surface area contributed by atoms with Crippen molar-refractivity contribution in [2.24, 2.45) is 0 Å². The van der Waals surface area contributed by atoms with Gasteiger partial charge in [0.05, 0.1) is 11.4 Å². The maximum atomic E-state index is 5.90. The normalized spacial score (nSPS) is 11.0. The Bertz CT molecular complexity index is 1030. The van der Waals surface area contributed by atoms with Crippen molar-refractivity contribution in [3.63, 3.8) is 0 Å². The van der Waals surface area contributed by atoms with Crippen LogP contribution in [0.15, 0.2) is 58.2 Å². The Hall–Kier alpha value is -2.71. The van der Waals surface area contributed by atoms with Crippen molar-refractivity contribution < 1.29 is 4.52 Å². The van der Waals surface area contributed by atoms with Crippen molar-refractivity contribution in [3.8, 4) is 17.1 Å². The molecule has 4 aromatic rings. The predicted octanol–water partition coefficient (Wildman–Crippen LogP) is 3.97. The summed E-state index contributed by atoms with van der Waals surface area (Å²) in [7, 11) is 0. The molecule has 130 valence electrons. The van der Waals surface area contributed by atoms with Gasteiger partial charge in [-0.25, -0.2) is 0 Å². The third kappa shape index (κ3) is 3.61. The number of benzene rings is 2. The monoisotopic (exact) mass is 384 g/mol. The summed E-state index contributed by atoms with van der Waals surface area (Å²) in [4.78, 5) is 4.41. The molecule has 26 heavy (non-hydrogen) atoms. The van der Waals surface area contributed by atoms with E-state index in [1.54, 1.807) is 16.8 Å². The summed E-state index contributed by atoms with van der Waals surface area (Å²) in [6.07, 6.45) is 0. The molecule has 0 aliphatic heterocycles. The van der Waals surface area contributed by atoms with Crippen LogP contribution in [0.3, 0.4) is 0 Å². The van der Waals surface area contributed by atoms with Gasteiger partial charge in [0.2, 0.25) is 5.16 Å². The van der Waals surface area contributed by atoms with Gasteiger partial charge in [-0.1, -0.05) is 40.7 Å². The number of thioether (sulfide) groups is 1. The van der Waals surface area contributed by atoms with Crippen molar-refractivity contribution in [2.75, 3.05) is 0 Å². The largest absolute Gasteiger partial charge is 0.334 e. The van der Waals surface area contributed by atoms with Gasteiger partial charge in [-0.3, -0.25) is 0 Å². The molecule has 0 fully saturated rings. The van der Waals surface area contributed by atoms with Gasteiger partial charge in [0.1, 0.15) is 0 Å². The van der Waals surface area contributed by atoms with E-state index < -0.39 is 0 Å². The molecular weight excluding hydrogens is 372 g/mol. The van der Waals surface area contributed by atoms with E-state index in [1.807, 2.05) is 43.3 Å². The molecule has 0 unspecified atom stereocenters. The second-order valence-corrected chi connectivity index (χ2v) is 6.90. The molecule has 0 aliphatic carbocycles. The van der Waals surface area contributed by atoms with Gasteiger partial charge in [0, 0.05) is 10.6 Å². The van der Waals surface area contributed by atoms with E-state index in [0.717, 1.165) is 16.8 Å². The first-order chi connectivity index (χ1) is 12.7. The molecule has 0 atom stereocenters. The first-order valence-electron chi connectivity index (χ1n) is 7.76. The topological polar surface area (TPSA) is 82.5 Å². The highest BCUT2D eigenvalue weighted by molar-refractivity contribution is 7.98. The van der Waals surface area contributed by atoms with Crippen LogP contribution in [0.1, 0.15) is 11.4 Å². The van der Waals surface area contributed by atoms with Crippen molar-refractivity contribution in [2.45, 2.75) is 17.8 Å². The molecule has 9 heteroatoms. The standard InChI is InChI=1S/C17H13ClN6OS/c1-11-3-2-4-14(9-11)24-17(20-22-23-24)26-10-15-19-16(25-21-15)12-5-7-13(18)8-6-12/h2-9H,10H2,1H3. The Morgan fingerprint density at radius 3 is 2.81 bits per heavy atom. The quantitative estimate of drug-likeness (QED) is 0.481. The zero-order valence-electron chi connectivity index (χ0n) is 13.7. The molecule has 7 nitrogen and oxygen atoms in total. The minimum Gasteiger partial charge on any atom is -0.334 e. The first-order valence-corrected chi connectivity index (χ1v) is 9.12. The van der Waals surface area contributed by atoms with Crippen molar-refractivity contribution in [1.82, 2.24) is 30.3 Å². The lowest BCUT2D eigenvalue weighted by atomic mass is 10.2. The van der Waals surface area contributed by atoms with Gasteiger partial charge >= 0.3 is 0 Å². The zero-order chi connectivity index (χ0) is 17.9. The molecule has 0 saturated heterocycles. The van der Waals surface area contributed by atoms with E-state index in [9.17, 15) is 0 Å². The number of hydrogen-bond acceptors (Lipinski definition) is 7. The number of nitrogens with zero attached hydrogens (tertiary/aromatic N) is 6. The molecule has 0 saturated carbocycles. The fraction of sp³-hybridized carbons (Fsp3) is 0.118. The SMILES string of the molecule is Cc1cccc(-n2nnnc2SCc2noc(-c3ccc(Cl)cc3)n2)c1. The highest BCUT2D eigenvalue weighted by atomic mass is 35.5. The Morgan fingerprint density at radius 2 is 2.00 bits per heavy atom. The lowest BCUT2D eigenvalue weighted by Gasteiger charge is -2.03. The van der Waals surface area contributed by atoms with Crippen LogP contribution in [0.4, 0.5) is 0 Å². The maximum Gasteiger partial charge on any atom is 0.257 e. The molecule has 2 aromatic carbocycles. The maximum absolute atomic E-state index is 5.90. The van der Waals surface area contributed by atoms with Gasteiger partial charge < -0.3 is 4.52 Å². The molecule has 2 heterocycles. The smallest absolute Gasteiger partial charge is 0.257 e. The molecule has 0 N–H and O–H groups in total. The molecule has 0 amide bonds. The van der Waals surface area contributed by atoms with Gasteiger partial charge in [0.15, 0.2) is 5.82 Å². The summed E-state index contributed by atoms with van der Waals surface area (Å²) >= 11 is 7.33. The highest BCUT2D eigenvalue weighted by Crippen LogP contribution is 2.24. The Morgan fingerprint density at radius 1 is 1.15 bits per heavy atom. The van der Waals surface area contributed by atoms with E-state index in [2.05, 4.69) is 25.7 Å². The summed E-state index contributed by atoms with van der Waals surface area (Å²) in [5, 5.41) is 17.2. The number of rotatable bonds is 5. The Balaban J connectivity index is 1.49. The van der Waals surface area contributed by atoms with E-state index in [1.165, 1.54) is 11.8 Å². The van der Waals surface area contributed by atoms with Gasteiger partial charge in [-0.15, -0.1) is 5.10 Å². The molecule has 0 radical (unpaired) electrons. The average molecular weight is 385 g/mol. The highest BCUT2D eigenvalue weighted by Gasteiger charge is 2.13. The third-order valence-corrected chi connectivity index (χ3v) is 4.74. The van der Waals surface area contributed by atoms with Crippen LogP contribution >= 0.6 is 23.4 Å². The van der Waals surface area contributed by atoms with Crippen LogP contribution < -0.4 is 0 Å². The number of hydrogen-bond donors (Lipinski definition) is 0. The van der Waals surface area contributed by atoms with Gasteiger partial charge in [-0.05, 0) is 59.3 Å².